The van der Waals surface area contributed by atoms with Crippen molar-refractivity contribution in [2.75, 3.05) is 44.8 Å². The minimum Gasteiger partial charge on any atom is -0.497 e. The van der Waals surface area contributed by atoms with Gasteiger partial charge in [-0.3, -0.25) is 4.79 Å². The molecular weight excluding hydrogens is 678 g/mol. The number of nitrogens with two attached hydrogens (primary N) is 1. The van der Waals surface area contributed by atoms with Crippen LogP contribution in [0.15, 0.2) is 72.8 Å². The van der Waals surface area contributed by atoms with Crippen LogP contribution in [0.4, 0.5) is 20.2 Å². The number of alkyl halides is 1. The van der Waals surface area contributed by atoms with Gasteiger partial charge in [0.2, 0.25) is 5.91 Å². The van der Waals surface area contributed by atoms with E-state index in [4.69, 9.17) is 19.9 Å². The Labute approximate surface area is 280 Å². The fourth-order valence-corrected chi connectivity index (χ4v) is 4.84. The third-order valence-corrected chi connectivity index (χ3v) is 7.46. The maximum Gasteiger partial charge on any atom is 0.337 e. The molecule has 0 fully saturated rings. The van der Waals surface area contributed by atoms with Crippen LogP contribution in [-0.4, -0.2) is 51.6 Å². The van der Waals surface area contributed by atoms with Gasteiger partial charge in [-0.2, -0.15) is 0 Å². The predicted molar refractivity (Wildman–Crippen MR) is 180 cm³/mol. The third kappa shape index (κ3) is 9.76. The Kier molecular flexibility index (Phi) is 13.7. The Hall–Kier alpha value is -4.97. The molecule has 0 bridgehead atoms. The number of esters is 2. The molecule has 12 heteroatoms. The number of amides is 1. The number of nitrogen functional groups attached to an aromatic ring is 1. The topological polar surface area (TPSA) is 126 Å². The van der Waals surface area contributed by atoms with E-state index in [2.05, 4.69) is 26.0 Å². The van der Waals surface area contributed by atoms with Gasteiger partial charge in [-0.15, -0.1) is 0 Å². The fraction of sp³-hybridized carbons (Fsp3) is 0.229. The first-order valence-electron chi connectivity index (χ1n) is 14.3. The minimum atomic E-state index is -0.539. The van der Waals surface area contributed by atoms with Crippen LogP contribution in [0, 0.1) is 11.6 Å². The number of ether oxygens (including phenoxy) is 4. The number of halogens is 3. The number of benzene rings is 4. The second-order valence-corrected chi connectivity index (χ2v) is 10.7. The second kappa shape index (κ2) is 17.7. The molecule has 0 saturated heterocycles. The molecule has 0 aromatic heterocycles. The lowest BCUT2D eigenvalue weighted by Gasteiger charge is -2.14. The minimum absolute atomic E-state index is 0.206. The van der Waals surface area contributed by atoms with E-state index < -0.39 is 23.6 Å². The highest BCUT2D eigenvalue weighted by Crippen LogP contribution is 2.34. The molecule has 248 valence electrons. The lowest BCUT2D eigenvalue weighted by molar-refractivity contribution is -0.116. The molecule has 0 spiro atoms. The van der Waals surface area contributed by atoms with Crippen molar-refractivity contribution in [2.24, 2.45) is 0 Å². The largest absolute Gasteiger partial charge is 0.497 e. The van der Waals surface area contributed by atoms with E-state index in [-0.39, 0.29) is 17.0 Å². The second-order valence-electron chi connectivity index (χ2n) is 9.93. The highest BCUT2D eigenvalue weighted by Gasteiger charge is 2.17. The van der Waals surface area contributed by atoms with Crippen molar-refractivity contribution in [2.45, 2.75) is 19.3 Å². The summed E-state index contributed by atoms with van der Waals surface area (Å²) in [5, 5.41) is 3.60. The van der Waals surface area contributed by atoms with Crippen LogP contribution in [-0.2, 0) is 14.3 Å². The number of anilines is 2. The number of nitrogens with one attached hydrogen (secondary N) is 1. The summed E-state index contributed by atoms with van der Waals surface area (Å²) in [6.07, 6.45) is 1.91. The maximum absolute atomic E-state index is 14.4. The van der Waals surface area contributed by atoms with Gasteiger partial charge in [0.15, 0.2) is 0 Å². The molecule has 4 aromatic rings. The molecule has 0 aliphatic carbocycles. The lowest BCUT2D eigenvalue weighted by atomic mass is 10.00. The summed E-state index contributed by atoms with van der Waals surface area (Å²) >= 11 is 3.33. The summed E-state index contributed by atoms with van der Waals surface area (Å²) in [6, 6.07) is 17.9. The van der Waals surface area contributed by atoms with E-state index in [1.165, 1.54) is 77.0 Å². The average Bonchev–Trinajstić information content (AvgIpc) is 3.08. The molecule has 3 N–H and O–H groups in total. The first-order valence-corrected chi connectivity index (χ1v) is 15.4. The zero-order valence-electron chi connectivity index (χ0n) is 26.3. The fourth-order valence-electron chi connectivity index (χ4n) is 4.45. The Morgan fingerprint density at radius 3 is 1.68 bits per heavy atom. The van der Waals surface area contributed by atoms with Crippen LogP contribution in [0.3, 0.4) is 0 Å². The van der Waals surface area contributed by atoms with Gasteiger partial charge in [0, 0.05) is 45.4 Å². The van der Waals surface area contributed by atoms with E-state index in [0.29, 0.717) is 51.5 Å². The SMILES string of the molecule is COC(=O)c1ccc(-c2cc(OC)ccc2F)c(N)c1.COC(=O)c1ccc(-c2cc(OC)ccc2F)c(NC(=O)CCCCBr)c1. The Bertz CT molecular complexity index is 1730. The first kappa shape index (κ1) is 36.5. The van der Waals surface area contributed by atoms with Crippen molar-refractivity contribution in [3.63, 3.8) is 0 Å². The Morgan fingerprint density at radius 2 is 1.19 bits per heavy atom. The molecular formula is C35H35BrF2N2O7. The van der Waals surface area contributed by atoms with Crippen molar-refractivity contribution in [1.29, 1.82) is 0 Å². The van der Waals surface area contributed by atoms with E-state index in [1.54, 1.807) is 24.3 Å². The number of unbranched alkanes of at least 4 members (excludes halogenated alkanes) is 1. The van der Waals surface area contributed by atoms with Gasteiger partial charge in [0.05, 0.1) is 39.6 Å². The third-order valence-electron chi connectivity index (χ3n) is 6.90. The molecule has 4 aromatic carbocycles. The summed E-state index contributed by atoms with van der Waals surface area (Å²) in [5.74, 6) is -1.10. The van der Waals surface area contributed by atoms with Gasteiger partial charge < -0.3 is 30.0 Å². The molecule has 0 atom stereocenters. The summed E-state index contributed by atoms with van der Waals surface area (Å²) in [4.78, 5) is 35.5. The van der Waals surface area contributed by atoms with Crippen molar-refractivity contribution in [1.82, 2.24) is 0 Å². The van der Waals surface area contributed by atoms with Crippen LogP contribution in [0.25, 0.3) is 22.3 Å². The zero-order valence-corrected chi connectivity index (χ0v) is 27.9. The van der Waals surface area contributed by atoms with Gasteiger partial charge in [0.1, 0.15) is 23.1 Å². The maximum atomic E-state index is 14.4. The molecule has 0 aliphatic heterocycles. The molecule has 9 nitrogen and oxygen atoms in total. The number of hydrogen-bond acceptors (Lipinski definition) is 8. The first-order chi connectivity index (χ1) is 22.6. The van der Waals surface area contributed by atoms with Gasteiger partial charge in [-0.1, -0.05) is 28.1 Å². The molecule has 0 unspecified atom stereocenters. The van der Waals surface area contributed by atoms with Gasteiger partial charge in [0.25, 0.3) is 0 Å². The normalized spacial score (nSPS) is 10.3. The summed E-state index contributed by atoms with van der Waals surface area (Å²) in [6.45, 7) is 0. The van der Waals surface area contributed by atoms with E-state index in [0.717, 1.165) is 18.2 Å². The average molecular weight is 714 g/mol. The number of carbonyl (C=O) groups is 3. The quantitative estimate of drug-likeness (QED) is 0.0703. The van der Waals surface area contributed by atoms with E-state index in [9.17, 15) is 23.2 Å². The van der Waals surface area contributed by atoms with Crippen molar-refractivity contribution >= 4 is 45.2 Å². The van der Waals surface area contributed by atoms with Crippen molar-refractivity contribution < 1.29 is 42.1 Å². The summed E-state index contributed by atoms with van der Waals surface area (Å²) in [5.41, 5.74) is 8.63. The summed E-state index contributed by atoms with van der Waals surface area (Å²) in [7, 11) is 5.55. The molecule has 0 saturated carbocycles. The summed E-state index contributed by atoms with van der Waals surface area (Å²) < 4.78 is 47.9. The van der Waals surface area contributed by atoms with Crippen LogP contribution in [0.2, 0.25) is 0 Å². The van der Waals surface area contributed by atoms with Gasteiger partial charge >= 0.3 is 11.9 Å². The van der Waals surface area contributed by atoms with E-state index >= 15 is 0 Å². The highest BCUT2D eigenvalue weighted by atomic mass is 79.9. The smallest absolute Gasteiger partial charge is 0.337 e. The monoisotopic (exact) mass is 712 g/mol. The zero-order chi connectivity index (χ0) is 34.5. The lowest BCUT2D eigenvalue weighted by Crippen LogP contribution is -2.13. The standard InChI is InChI=1S/C20H21BrFNO4.C15H14FNO3/c1-26-14-7-9-17(22)16(12-14)15-8-6-13(20(25)27-2)11-18(15)23-19(24)5-3-4-10-21;1-19-10-4-6-13(16)12(8-10)11-5-3-9(7-14(11)17)15(18)20-2/h6-9,11-12H,3-5,10H2,1-2H3,(H,23,24);3-8H,17H2,1-2H3. The Morgan fingerprint density at radius 1 is 0.681 bits per heavy atom. The molecule has 4 rings (SSSR count). The number of rotatable bonds is 11. The van der Waals surface area contributed by atoms with Crippen LogP contribution in [0.5, 0.6) is 11.5 Å². The number of hydrogen-bond donors (Lipinski definition) is 2. The predicted octanol–water partition coefficient (Wildman–Crippen LogP) is 7.66. The van der Waals surface area contributed by atoms with Gasteiger partial charge in [-0.25, -0.2) is 18.4 Å². The molecule has 0 heterocycles. The molecule has 47 heavy (non-hydrogen) atoms. The highest BCUT2D eigenvalue weighted by molar-refractivity contribution is 9.09. The number of carbonyl (C=O) groups excluding carboxylic acids is 3. The Balaban J connectivity index is 0.000000267. The molecule has 0 radical (unpaired) electrons. The van der Waals surface area contributed by atoms with Crippen LogP contribution >= 0.6 is 15.9 Å². The van der Waals surface area contributed by atoms with Crippen LogP contribution in [0.1, 0.15) is 40.0 Å². The van der Waals surface area contributed by atoms with E-state index in [1.807, 2.05) is 0 Å². The van der Waals surface area contributed by atoms with Crippen molar-refractivity contribution in [3.8, 4) is 33.8 Å². The van der Waals surface area contributed by atoms with Crippen LogP contribution < -0.4 is 20.5 Å². The molecule has 0 aliphatic rings. The molecule has 1 amide bonds. The van der Waals surface area contributed by atoms with Gasteiger partial charge in [-0.05, 0) is 73.5 Å². The number of methoxy groups -OCH3 is 4. The van der Waals surface area contributed by atoms with Crippen molar-refractivity contribution in [3.05, 3.63) is 95.6 Å².